The molecule has 0 spiro atoms. The Labute approximate surface area is 104 Å². The highest BCUT2D eigenvalue weighted by Crippen LogP contribution is 2.22. The molecule has 3 nitrogen and oxygen atoms in total. The molecule has 3 heteroatoms. The predicted octanol–water partition coefficient (Wildman–Crippen LogP) is 2.94. The number of carbonyl (C=O) groups excluding carboxylic acids is 1. The number of nitrogens with two attached hydrogens (primary N) is 1. The highest BCUT2D eigenvalue weighted by Gasteiger charge is 2.18. The van der Waals surface area contributed by atoms with Gasteiger partial charge < -0.3 is 10.5 Å². The fraction of sp³-hybridized carbons (Fsp3) is 0.500. The van der Waals surface area contributed by atoms with Crippen LogP contribution in [0, 0.1) is 5.92 Å². The van der Waals surface area contributed by atoms with Crippen molar-refractivity contribution in [2.75, 3.05) is 7.11 Å². The third kappa shape index (κ3) is 5.38. The Bertz CT molecular complexity index is 340. The predicted molar refractivity (Wildman–Crippen MR) is 71.3 cm³/mol. The minimum Gasteiger partial charge on any atom is -0.469 e. The molecular weight excluding hydrogens is 214 g/mol. The standard InChI is InChI=1S/C14H23NO2/c1-6-11(14(16)17-5)8-12(10(3)4)9-13(15)7-2/h7,9,11H,3,6,8,15H2,1-2,4-5H3/b12-9-,13-7+. The lowest BCUT2D eigenvalue weighted by atomic mass is 9.93. The van der Waals surface area contributed by atoms with Gasteiger partial charge in [-0.05, 0) is 38.3 Å². The lowest BCUT2D eigenvalue weighted by molar-refractivity contribution is -0.145. The van der Waals surface area contributed by atoms with Crippen molar-refractivity contribution in [3.8, 4) is 0 Å². The van der Waals surface area contributed by atoms with Crippen LogP contribution in [0.25, 0.3) is 0 Å². The number of methoxy groups -OCH3 is 1. The topological polar surface area (TPSA) is 52.3 Å². The molecule has 0 aromatic heterocycles. The van der Waals surface area contributed by atoms with Crippen molar-refractivity contribution in [1.82, 2.24) is 0 Å². The minimum absolute atomic E-state index is 0.132. The maximum absolute atomic E-state index is 11.5. The Morgan fingerprint density at radius 3 is 2.47 bits per heavy atom. The van der Waals surface area contributed by atoms with Gasteiger partial charge in [-0.1, -0.05) is 25.2 Å². The van der Waals surface area contributed by atoms with Crippen molar-refractivity contribution in [2.45, 2.75) is 33.6 Å². The van der Waals surface area contributed by atoms with Crippen LogP contribution >= 0.6 is 0 Å². The van der Waals surface area contributed by atoms with E-state index in [1.54, 1.807) is 0 Å². The average molecular weight is 237 g/mol. The molecule has 0 fully saturated rings. The monoisotopic (exact) mass is 237 g/mol. The molecule has 0 rings (SSSR count). The summed E-state index contributed by atoms with van der Waals surface area (Å²) in [6.45, 7) is 9.67. The van der Waals surface area contributed by atoms with Gasteiger partial charge in [-0.15, -0.1) is 0 Å². The molecule has 0 saturated heterocycles. The van der Waals surface area contributed by atoms with Crippen molar-refractivity contribution in [2.24, 2.45) is 11.7 Å². The number of hydrogen-bond acceptors (Lipinski definition) is 3. The number of ether oxygens (including phenoxy) is 1. The minimum atomic E-state index is -0.182. The summed E-state index contributed by atoms with van der Waals surface area (Å²) in [7, 11) is 1.41. The van der Waals surface area contributed by atoms with Gasteiger partial charge in [0.2, 0.25) is 0 Å². The van der Waals surface area contributed by atoms with E-state index in [9.17, 15) is 4.79 Å². The Hall–Kier alpha value is -1.51. The van der Waals surface area contributed by atoms with E-state index < -0.39 is 0 Å². The summed E-state index contributed by atoms with van der Waals surface area (Å²) >= 11 is 0. The van der Waals surface area contributed by atoms with E-state index in [1.165, 1.54) is 7.11 Å². The number of allylic oxidation sites excluding steroid dienone is 4. The van der Waals surface area contributed by atoms with Crippen LogP contribution in [0.4, 0.5) is 0 Å². The molecule has 0 aliphatic carbocycles. The Morgan fingerprint density at radius 1 is 1.53 bits per heavy atom. The van der Waals surface area contributed by atoms with E-state index in [0.29, 0.717) is 12.1 Å². The van der Waals surface area contributed by atoms with Gasteiger partial charge in [0.1, 0.15) is 0 Å². The molecular formula is C14H23NO2. The maximum Gasteiger partial charge on any atom is 0.308 e. The molecule has 0 amide bonds. The van der Waals surface area contributed by atoms with Crippen molar-refractivity contribution in [3.05, 3.63) is 35.6 Å². The first-order chi connectivity index (χ1) is 7.96. The summed E-state index contributed by atoms with van der Waals surface area (Å²) in [5, 5.41) is 0. The summed E-state index contributed by atoms with van der Waals surface area (Å²) < 4.78 is 4.77. The van der Waals surface area contributed by atoms with E-state index >= 15 is 0 Å². The van der Waals surface area contributed by atoms with Gasteiger partial charge in [-0.25, -0.2) is 0 Å². The van der Waals surface area contributed by atoms with Gasteiger partial charge >= 0.3 is 5.97 Å². The molecule has 0 aromatic carbocycles. The fourth-order valence-corrected chi connectivity index (χ4v) is 1.47. The molecule has 1 atom stereocenters. The van der Waals surface area contributed by atoms with E-state index in [1.807, 2.05) is 32.9 Å². The van der Waals surface area contributed by atoms with Crippen LogP contribution in [-0.2, 0) is 9.53 Å². The van der Waals surface area contributed by atoms with Crippen molar-refractivity contribution >= 4 is 5.97 Å². The normalized spacial score (nSPS) is 14.4. The molecule has 2 N–H and O–H groups in total. The average Bonchev–Trinajstić information content (AvgIpc) is 2.32. The molecule has 0 aliphatic heterocycles. The highest BCUT2D eigenvalue weighted by molar-refractivity contribution is 5.72. The molecule has 0 radical (unpaired) electrons. The molecule has 1 unspecified atom stereocenters. The second-order valence-corrected chi connectivity index (χ2v) is 4.07. The van der Waals surface area contributed by atoms with Gasteiger partial charge in [-0.2, -0.15) is 0 Å². The molecule has 0 bridgehead atoms. The zero-order valence-electron chi connectivity index (χ0n) is 11.2. The maximum atomic E-state index is 11.5. The van der Waals surface area contributed by atoms with Gasteiger partial charge in [0.25, 0.3) is 0 Å². The largest absolute Gasteiger partial charge is 0.469 e. The SMILES string of the molecule is C=C(C)/C(=C\C(N)=C/C)CC(CC)C(=O)OC. The third-order valence-electron chi connectivity index (χ3n) is 2.72. The summed E-state index contributed by atoms with van der Waals surface area (Å²) in [6.07, 6.45) is 5.05. The summed E-state index contributed by atoms with van der Waals surface area (Å²) in [4.78, 5) is 11.5. The van der Waals surface area contributed by atoms with Crippen LogP contribution < -0.4 is 5.73 Å². The Kier molecular flexibility index (Phi) is 7.03. The Balaban J connectivity index is 4.93. The number of carbonyl (C=O) groups is 1. The fourth-order valence-electron chi connectivity index (χ4n) is 1.47. The van der Waals surface area contributed by atoms with E-state index in [2.05, 4.69) is 6.58 Å². The molecule has 0 aliphatic rings. The second kappa shape index (κ2) is 7.71. The highest BCUT2D eigenvalue weighted by atomic mass is 16.5. The third-order valence-corrected chi connectivity index (χ3v) is 2.72. The van der Waals surface area contributed by atoms with Crippen molar-refractivity contribution in [1.29, 1.82) is 0 Å². The smallest absolute Gasteiger partial charge is 0.308 e. The van der Waals surface area contributed by atoms with Crippen molar-refractivity contribution in [3.63, 3.8) is 0 Å². The van der Waals surface area contributed by atoms with E-state index in [-0.39, 0.29) is 11.9 Å². The summed E-state index contributed by atoms with van der Waals surface area (Å²) in [5.41, 5.74) is 8.37. The second-order valence-electron chi connectivity index (χ2n) is 4.07. The zero-order valence-corrected chi connectivity index (χ0v) is 11.2. The van der Waals surface area contributed by atoms with Gasteiger partial charge in [0.05, 0.1) is 13.0 Å². The number of esters is 1. The van der Waals surface area contributed by atoms with Crippen LogP contribution in [0.5, 0.6) is 0 Å². The molecule has 17 heavy (non-hydrogen) atoms. The van der Waals surface area contributed by atoms with Crippen LogP contribution in [0.1, 0.15) is 33.6 Å². The van der Waals surface area contributed by atoms with Gasteiger partial charge in [0, 0.05) is 5.70 Å². The van der Waals surface area contributed by atoms with Crippen LogP contribution in [0.15, 0.2) is 35.6 Å². The quantitative estimate of drug-likeness (QED) is 0.571. The Morgan fingerprint density at radius 2 is 2.12 bits per heavy atom. The van der Waals surface area contributed by atoms with Crippen molar-refractivity contribution < 1.29 is 9.53 Å². The zero-order chi connectivity index (χ0) is 13.4. The van der Waals surface area contributed by atoms with E-state index in [0.717, 1.165) is 17.6 Å². The first kappa shape index (κ1) is 15.5. The van der Waals surface area contributed by atoms with E-state index in [4.69, 9.17) is 10.5 Å². The summed E-state index contributed by atoms with van der Waals surface area (Å²) in [5.74, 6) is -0.314. The van der Waals surface area contributed by atoms with Crippen LogP contribution in [0.3, 0.4) is 0 Å². The first-order valence-electron chi connectivity index (χ1n) is 5.82. The number of rotatable bonds is 6. The molecule has 0 saturated carbocycles. The van der Waals surface area contributed by atoms with Crippen LogP contribution in [-0.4, -0.2) is 13.1 Å². The number of hydrogen-bond donors (Lipinski definition) is 1. The van der Waals surface area contributed by atoms with Crippen LogP contribution in [0.2, 0.25) is 0 Å². The summed E-state index contributed by atoms with van der Waals surface area (Å²) in [6, 6.07) is 0. The van der Waals surface area contributed by atoms with Gasteiger partial charge in [0.15, 0.2) is 0 Å². The lowest BCUT2D eigenvalue weighted by Crippen LogP contribution is -2.16. The lowest BCUT2D eigenvalue weighted by Gasteiger charge is -2.15. The first-order valence-corrected chi connectivity index (χ1v) is 5.82. The molecule has 0 heterocycles. The molecule has 0 aromatic rings. The molecule has 96 valence electrons. The van der Waals surface area contributed by atoms with Gasteiger partial charge in [-0.3, -0.25) is 4.79 Å².